The molecule has 150 valence electrons. The van der Waals surface area contributed by atoms with Gasteiger partial charge in [0, 0.05) is 33.0 Å². The van der Waals surface area contributed by atoms with Gasteiger partial charge in [-0.15, -0.1) is 0 Å². The number of allylic oxidation sites excluding steroid dienone is 3. The highest BCUT2D eigenvalue weighted by Gasteiger charge is 2.66. The second kappa shape index (κ2) is 6.19. The van der Waals surface area contributed by atoms with E-state index in [2.05, 4.69) is 12.1 Å². The van der Waals surface area contributed by atoms with Crippen molar-refractivity contribution in [2.45, 2.75) is 44.8 Å². The van der Waals surface area contributed by atoms with Crippen LogP contribution in [0, 0.1) is 11.3 Å². The van der Waals surface area contributed by atoms with Crippen molar-refractivity contribution >= 4 is 40.7 Å². The summed E-state index contributed by atoms with van der Waals surface area (Å²) in [6.45, 7) is 3.90. The zero-order chi connectivity index (χ0) is 20.6. The van der Waals surface area contributed by atoms with E-state index in [0.29, 0.717) is 26.9 Å². The van der Waals surface area contributed by atoms with Crippen molar-refractivity contribution in [3.05, 3.63) is 57.1 Å². The van der Waals surface area contributed by atoms with Gasteiger partial charge < -0.3 is 9.57 Å². The van der Waals surface area contributed by atoms with Crippen molar-refractivity contribution in [2.24, 2.45) is 16.5 Å². The SMILES string of the molecule is CC1=C2[C@H]3OC(=O)[C@]4(CC(c5cc(Cl)ccc5Cl)=NO4)[C@@H]3CC[C@@]2(C)C=CC1=O. The Labute approximate surface area is 178 Å². The topological polar surface area (TPSA) is 65.0 Å². The molecule has 1 aromatic carbocycles. The molecule has 4 aliphatic rings. The lowest BCUT2D eigenvalue weighted by atomic mass is 9.60. The van der Waals surface area contributed by atoms with E-state index in [9.17, 15) is 9.59 Å². The molecule has 2 fully saturated rings. The first kappa shape index (κ1) is 18.9. The van der Waals surface area contributed by atoms with E-state index >= 15 is 0 Å². The summed E-state index contributed by atoms with van der Waals surface area (Å²) in [5, 5.41) is 5.24. The van der Waals surface area contributed by atoms with Crippen LogP contribution in [-0.2, 0) is 19.2 Å². The fourth-order valence-electron chi connectivity index (χ4n) is 5.21. The molecule has 2 aliphatic heterocycles. The largest absolute Gasteiger partial charge is 0.454 e. The quantitative estimate of drug-likeness (QED) is 0.606. The zero-order valence-corrected chi connectivity index (χ0v) is 17.5. The molecule has 4 atom stereocenters. The van der Waals surface area contributed by atoms with E-state index in [4.69, 9.17) is 32.8 Å². The van der Waals surface area contributed by atoms with Gasteiger partial charge in [-0.1, -0.05) is 41.4 Å². The van der Waals surface area contributed by atoms with E-state index in [-0.39, 0.29) is 23.5 Å². The van der Waals surface area contributed by atoms with E-state index in [1.807, 2.05) is 13.0 Å². The predicted molar refractivity (Wildman–Crippen MR) is 109 cm³/mol. The maximum atomic E-state index is 13.1. The average Bonchev–Trinajstić information content (AvgIpc) is 3.23. The Morgan fingerprint density at radius 1 is 1.24 bits per heavy atom. The monoisotopic (exact) mass is 431 g/mol. The third-order valence-electron chi connectivity index (χ3n) is 6.78. The van der Waals surface area contributed by atoms with Crippen LogP contribution in [0.4, 0.5) is 0 Å². The molecule has 29 heavy (non-hydrogen) atoms. The fraction of sp³-hybridized carbons (Fsp3) is 0.409. The summed E-state index contributed by atoms with van der Waals surface area (Å²) in [4.78, 5) is 31.2. The maximum Gasteiger partial charge on any atom is 0.354 e. The van der Waals surface area contributed by atoms with Crippen LogP contribution < -0.4 is 0 Å². The molecular weight excluding hydrogens is 413 g/mol. The van der Waals surface area contributed by atoms with Crippen molar-refractivity contribution in [3.63, 3.8) is 0 Å². The molecule has 0 radical (unpaired) electrons. The van der Waals surface area contributed by atoms with Crippen LogP contribution in [0.3, 0.4) is 0 Å². The number of carbonyl (C=O) groups is 2. The predicted octanol–water partition coefficient (Wildman–Crippen LogP) is 4.65. The van der Waals surface area contributed by atoms with Crippen LogP contribution in [0.2, 0.25) is 10.0 Å². The first-order valence-electron chi connectivity index (χ1n) is 9.61. The highest BCUT2D eigenvalue weighted by atomic mass is 35.5. The molecule has 1 aromatic rings. The van der Waals surface area contributed by atoms with E-state index < -0.39 is 17.7 Å². The Morgan fingerprint density at radius 3 is 2.83 bits per heavy atom. The Balaban J connectivity index is 1.52. The van der Waals surface area contributed by atoms with Gasteiger partial charge in [0.15, 0.2) is 5.78 Å². The van der Waals surface area contributed by atoms with Gasteiger partial charge in [-0.2, -0.15) is 0 Å². The van der Waals surface area contributed by atoms with Crippen LogP contribution in [-0.4, -0.2) is 29.2 Å². The molecule has 0 N–H and O–H groups in total. The van der Waals surface area contributed by atoms with Gasteiger partial charge in [-0.3, -0.25) is 4.79 Å². The van der Waals surface area contributed by atoms with E-state index in [1.54, 1.807) is 24.3 Å². The van der Waals surface area contributed by atoms with E-state index in [0.717, 1.165) is 18.4 Å². The molecule has 0 amide bonds. The average molecular weight is 432 g/mol. The summed E-state index contributed by atoms with van der Waals surface area (Å²) in [7, 11) is 0. The summed E-state index contributed by atoms with van der Waals surface area (Å²) >= 11 is 12.4. The van der Waals surface area contributed by atoms with Crippen LogP contribution >= 0.6 is 23.2 Å². The van der Waals surface area contributed by atoms with Crippen molar-refractivity contribution in [3.8, 4) is 0 Å². The number of hydrogen-bond donors (Lipinski definition) is 0. The zero-order valence-electron chi connectivity index (χ0n) is 16.0. The standard InChI is InChI=1S/C22H19Cl2NO4/c1-11-17(26)6-8-21(2)7-5-14-19(18(11)21)28-20(27)22(14)10-16(25-29-22)13-9-12(23)3-4-15(13)24/h3-4,6,8-9,14,19H,5,7,10H2,1-2H3/t14-,19+,21+,22+/m1/s1. The molecule has 5 nitrogen and oxygen atoms in total. The minimum Gasteiger partial charge on any atom is -0.454 e. The van der Waals surface area contributed by atoms with Crippen molar-refractivity contribution < 1.29 is 19.2 Å². The van der Waals surface area contributed by atoms with Crippen molar-refractivity contribution in [1.82, 2.24) is 0 Å². The number of oxime groups is 1. The normalized spacial score (nSPS) is 35.4. The lowest BCUT2D eigenvalue weighted by Gasteiger charge is -2.43. The van der Waals surface area contributed by atoms with Gasteiger partial charge >= 0.3 is 5.97 Å². The second-order valence-electron chi connectivity index (χ2n) is 8.44. The highest BCUT2D eigenvalue weighted by molar-refractivity contribution is 6.36. The van der Waals surface area contributed by atoms with Crippen molar-refractivity contribution in [1.29, 1.82) is 0 Å². The number of halogens is 2. The number of esters is 1. The third kappa shape index (κ3) is 2.57. The molecule has 0 aromatic heterocycles. The van der Waals surface area contributed by atoms with Gasteiger partial charge in [0.1, 0.15) is 6.10 Å². The number of rotatable bonds is 1. The fourth-order valence-corrected chi connectivity index (χ4v) is 5.60. The van der Waals surface area contributed by atoms with E-state index in [1.165, 1.54) is 0 Å². The van der Waals surface area contributed by atoms with Crippen LogP contribution in [0.25, 0.3) is 0 Å². The lowest BCUT2D eigenvalue weighted by molar-refractivity contribution is -0.158. The molecule has 5 rings (SSSR count). The van der Waals surface area contributed by atoms with Crippen LogP contribution in [0.5, 0.6) is 0 Å². The van der Waals surface area contributed by atoms with Crippen LogP contribution in [0.1, 0.15) is 38.7 Å². The molecular formula is C22H19Cl2NO4. The summed E-state index contributed by atoms with van der Waals surface area (Å²) in [5.74, 6) is -0.687. The third-order valence-corrected chi connectivity index (χ3v) is 7.35. The Bertz CT molecular complexity index is 1060. The molecule has 1 saturated heterocycles. The Hall–Kier alpha value is -2.11. The molecule has 7 heteroatoms. The second-order valence-corrected chi connectivity index (χ2v) is 9.29. The maximum absolute atomic E-state index is 13.1. The molecule has 0 unspecified atom stereocenters. The first-order chi connectivity index (χ1) is 13.7. The summed E-state index contributed by atoms with van der Waals surface area (Å²) < 4.78 is 5.85. The van der Waals surface area contributed by atoms with Gasteiger partial charge in [0.2, 0.25) is 5.60 Å². The van der Waals surface area contributed by atoms with Gasteiger partial charge in [0.25, 0.3) is 0 Å². The first-order valence-corrected chi connectivity index (χ1v) is 10.4. The Kier molecular flexibility index (Phi) is 4.03. The minimum atomic E-state index is -1.19. The lowest BCUT2D eigenvalue weighted by Crippen LogP contribution is -2.47. The van der Waals surface area contributed by atoms with Gasteiger partial charge in [-0.25, -0.2) is 4.79 Å². The summed E-state index contributed by atoms with van der Waals surface area (Å²) in [5.41, 5.74) is 1.30. The number of nitrogens with zero attached hydrogens (tertiary/aromatic N) is 1. The number of ketones is 1. The molecule has 1 saturated carbocycles. The Morgan fingerprint density at radius 2 is 2.03 bits per heavy atom. The summed E-state index contributed by atoms with van der Waals surface area (Å²) in [6, 6.07) is 5.12. The molecule has 1 spiro atoms. The van der Waals surface area contributed by atoms with Gasteiger partial charge in [-0.05, 0) is 49.6 Å². The number of fused-ring (bicyclic) bond motifs is 4. The van der Waals surface area contributed by atoms with Crippen molar-refractivity contribution in [2.75, 3.05) is 0 Å². The highest BCUT2D eigenvalue weighted by Crippen LogP contribution is 2.57. The number of ether oxygens (including phenoxy) is 1. The smallest absolute Gasteiger partial charge is 0.354 e. The number of benzene rings is 1. The molecule has 2 aliphatic carbocycles. The molecule has 0 bridgehead atoms. The van der Waals surface area contributed by atoms with Crippen LogP contribution in [0.15, 0.2) is 46.7 Å². The summed E-state index contributed by atoms with van der Waals surface area (Å²) in [6.07, 6.45) is 4.88. The minimum absolute atomic E-state index is 0.0369. The van der Waals surface area contributed by atoms with Gasteiger partial charge in [0.05, 0.1) is 11.6 Å². The number of hydrogen-bond acceptors (Lipinski definition) is 5. The molecule has 2 heterocycles. The number of carbonyl (C=O) groups excluding carboxylic acids is 2.